The molecule has 0 radical (unpaired) electrons. The minimum absolute atomic E-state index is 0.161. The van der Waals surface area contributed by atoms with Crippen molar-refractivity contribution < 1.29 is 9.59 Å². The molecule has 0 N–H and O–H groups in total. The van der Waals surface area contributed by atoms with Gasteiger partial charge in [0, 0.05) is 11.1 Å². The largest absolute Gasteiger partial charge is 0.302 e. The first kappa shape index (κ1) is 31.9. The van der Waals surface area contributed by atoms with Gasteiger partial charge in [-0.25, -0.2) is 0 Å². The van der Waals surface area contributed by atoms with Gasteiger partial charge in [-0.05, 0) is 80.2 Å². The average molecular weight is 697 g/mol. The van der Waals surface area contributed by atoms with E-state index in [0.717, 1.165) is 76.5 Å². The Balaban J connectivity index is 1.31. The van der Waals surface area contributed by atoms with Gasteiger partial charge in [0.25, 0.3) is 11.8 Å². The summed E-state index contributed by atoms with van der Waals surface area (Å²) in [7, 11) is 0. The summed E-state index contributed by atoms with van der Waals surface area (Å²) in [5.41, 5.74) is 8.29. The number of hydrogen-bond acceptors (Lipinski definition) is 2. The van der Waals surface area contributed by atoms with Crippen LogP contribution in [0.3, 0.4) is 0 Å². The van der Waals surface area contributed by atoms with E-state index in [1.807, 2.05) is 40.1 Å². The molecule has 258 valence electrons. The van der Waals surface area contributed by atoms with Crippen molar-refractivity contribution in [2.75, 3.05) is 0 Å². The van der Waals surface area contributed by atoms with Crippen LogP contribution in [0.25, 0.3) is 54.5 Å². The molecular formula is C50H36N2O2. The first-order valence-electron chi connectivity index (χ1n) is 18.5. The fraction of sp³-hybridized carbons (Fsp3) is 0.0800. The average Bonchev–Trinajstić information content (AvgIpc) is 3.64. The second-order valence-corrected chi connectivity index (χ2v) is 14.6. The van der Waals surface area contributed by atoms with Gasteiger partial charge in [0.05, 0.1) is 35.6 Å². The Bertz CT molecular complexity index is 2950. The van der Waals surface area contributed by atoms with Crippen LogP contribution in [0, 0.1) is 13.8 Å². The second-order valence-electron chi connectivity index (χ2n) is 14.6. The Morgan fingerprint density at radius 1 is 0.389 bits per heavy atom. The van der Waals surface area contributed by atoms with Gasteiger partial charge < -0.3 is 9.80 Å². The number of amides is 2. The molecule has 0 aromatic heterocycles. The molecule has 0 saturated heterocycles. The Hall–Kier alpha value is -6.78. The van der Waals surface area contributed by atoms with Crippen molar-refractivity contribution in [3.63, 3.8) is 0 Å². The van der Waals surface area contributed by atoms with Gasteiger partial charge in [0.2, 0.25) is 0 Å². The van der Waals surface area contributed by atoms with E-state index in [0.29, 0.717) is 35.6 Å². The van der Waals surface area contributed by atoms with Crippen LogP contribution in [0.5, 0.6) is 0 Å². The fourth-order valence-electron chi connectivity index (χ4n) is 8.63. The highest BCUT2D eigenvalue weighted by molar-refractivity contribution is 6.32. The molecule has 54 heavy (non-hydrogen) atoms. The minimum atomic E-state index is -0.162. The van der Waals surface area contributed by atoms with Crippen LogP contribution in [0.1, 0.15) is 33.4 Å². The van der Waals surface area contributed by atoms with Crippen molar-refractivity contribution in [1.29, 1.82) is 0 Å². The number of aryl methyl sites for hydroxylation is 2. The fourth-order valence-corrected chi connectivity index (χ4v) is 8.63. The van der Waals surface area contributed by atoms with Crippen LogP contribution in [0.2, 0.25) is 0 Å². The molecule has 0 saturated carbocycles. The summed E-state index contributed by atoms with van der Waals surface area (Å²) in [6.07, 6.45) is 0. The van der Waals surface area contributed by atoms with E-state index in [1.54, 1.807) is 0 Å². The van der Waals surface area contributed by atoms with Crippen LogP contribution in [0.4, 0.5) is 0 Å². The van der Waals surface area contributed by atoms with Crippen LogP contribution in [-0.2, 0) is 22.7 Å². The van der Waals surface area contributed by atoms with Crippen LogP contribution >= 0.6 is 0 Å². The molecule has 2 aliphatic heterocycles. The van der Waals surface area contributed by atoms with Crippen LogP contribution in [-0.4, -0.2) is 21.6 Å². The van der Waals surface area contributed by atoms with E-state index < -0.39 is 0 Å². The van der Waals surface area contributed by atoms with Gasteiger partial charge in [-0.3, -0.25) is 9.59 Å². The summed E-state index contributed by atoms with van der Waals surface area (Å²) in [5, 5.41) is 8.56. The summed E-state index contributed by atoms with van der Waals surface area (Å²) in [4.78, 5) is 34.7. The summed E-state index contributed by atoms with van der Waals surface area (Å²) >= 11 is 0. The van der Waals surface area contributed by atoms with E-state index in [1.165, 1.54) is 0 Å². The SMILES string of the molecule is Cc1ccc(CN2C(=O)C3=C(c4cc5ccccc5c5ccccc45)N(Cc4cccc(C)c4)C(=O)C3=C2c2cc3ccccc3c3ccccc23)cc1. The number of rotatable bonds is 6. The normalized spacial score (nSPS) is 14.5. The molecule has 4 heteroatoms. The Morgan fingerprint density at radius 3 is 1.33 bits per heavy atom. The van der Waals surface area contributed by atoms with Gasteiger partial charge in [-0.15, -0.1) is 0 Å². The zero-order chi connectivity index (χ0) is 36.5. The lowest BCUT2D eigenvalue weighted by atomic mass is 9.92. The van der Waals surface area contributed by atoms with Gasteiger partial charge in [-0.2, -0.15) is 0 Å². The molecule has 0 unspecified atom stereocenters. The highest BCUT2D eigenvalue weighted by Crippen LogP contribution is 2.50. The second kappa shape index (κ2) is 12.4. The Labute approximate surface area is 313 Å². The molecule has 0 aliphatic carbocycles. The van der Waals surface area contributed by atoms with Gasteiger partial charge in [-0.1, -0.05) is 157 Å². The summed E-state index contributed by atoms with van der Waals surface area (Å²) in [5.74, 6) is -0.323. The molecule has 8 aromatic rings. The molecule has 2 amide bonds. The number of nitrogens with zero attached hydrogens (tertiary/aromatic N) is 2. The summed E-state index contributed by atoms with van der Waals surface area (Å²) < 4.78 is 0. The van der Waals surface area contributed by atoms with E-state index >= 15 is 9.59 Å². The minimum Gasteiger partial charge on any atom is -0.302 e. The third-order valence-corrected chi connectivity index (χ3v) is 11.1. The van der Waals surface area contributed by atoms with Crippen LogP contribution in [0.15, 0.2) is 169 Å². The monoisotopic (exact) mass is 696 g/mol. The Morgan fingerprint density at radius 2 is 0.833 bits per heavy atom. The number of carbonyl (C=O) groups excluding carboxylic acids is 2. The molecule has 0 atom stereocenters. The predicted molar refractivity (Wildman–Crippen MR) is 220 cm³/mol. The molecule has 0 bridgehead atoms. The lowest BCUT2D eigenvalue weighted by molar-refractivity contribution is -0.124. The number of carbonyl (C=O) groups is 2. The number of hydrogen-bond donors (Lipinski definition) is 0. The van der Waals surface area contributed by atoms with Crippen molar-refractivity contribution in [3.05, 3.63) is 202 Å². The van der Waals surface area contributed by atoms with E-state index in [4.69, 9.17) is 0 Å². The number of fused-ring (bicyclic) bond motifs is 7. The zero-order valence-corrected chi connectivity index (χ0v) is 30.1. The quantitative estimate of drug-likeness (QED) is 0.162. The van der Waals surface area contributed by atoms with E-state index in [-0.39, 0.29) is 11.8 Å². The maximum atomic E-state index is 15.5. The van der Waals surface area contributed by atoms with Gasteiger partial charge in [0.1, 0.15) is 0 Å². The predicted octanol–water partition coefficient (Wildman–Crippen LogP) is 11.1. The maximum Gasteiger partial charge on any atom is 0.261 e. The van der Waals surface area contributed by atoms with Crippen molar-refractivity contribution in [1.82, 2.24) is 9.80 Å². The molecule has 2 heterocycles. The molecule has 0 fully saturated rings. The van der Waals surface area contributed by atoms with E-state index in [9.17, 15) is 0 Å². The first-order chi connectivity index (χ1) is 26.4. The smallest absolute Gasteiger partial charge is 0.261 e. The molecule has 4 nitrogen and oxygen atoms in total. The highest BCUT2D eigenvalue weighted by Gasteiger charge is 2.49. The van der Waals surface area contributed by atoms with Crippen molar-refractivity contribution in [2.24, 2.45) is 0 Å². The standard InChI is InChI=1S/C50H36N2O2/c1-31-22-24-33(25-23-31)29-51-47(43-27-35-14-3-5-16-37(35)39-18-7-9-20-41(39)43)45-46(49(51)53)48(52(50(45)54)30-34-13-11-12-32(2)26-34)44-28-36-15-4-6-17-38(36)40-19-8-10-21-42(40)44/h3-28H,29-30H2,1-2H3. The summed E-state index contributed by atoms with van der Waals surface area (Å²) in [6.45, 7) is 4.80. The zero-order valence-electron chi connectivity index (χ0n) is 30.1. The van der Waals surface area contributed by atoms with Crippen molar-refractivity contribution in [3.8, 4) is 0 Å². The van der Waals surface area contributed by atoms with Crippen molar-refractivity contribution >= 4 is 66.3 Å². The molecule has 2 aliphatic rings. The third-order valence-electron chi connectivity index (χ3n) is 11.1. The molecule has 10 rings (SSSR count). The maximum absolute atomic E-state index is 15.5. The topological polar surface area (TPSA) is 40.6 Å². The highest BCUT2D eigenvalue weighted by atomic mass is 16.2. The van der Waals surface area contributed by atoms with Crippen LogP contribution < -0.4 is 0 Å². The third kappa shape index (κ3) is 4.98. The first-order valence-corrected chi connectivity index (χ1v) is 18.5. The number of benzene rings is 8. The van der Waals surface area contributed by atoms with Gasteiger partial charge >= 0.3 is 0 Å². The van der Waals surface area contributed by atoms with Gasteiger partial charge in [0.15, 0.2) is 0 Å². The van der Waals surface area contributed by atoms with E-state index in [2.05, 4.69) is 141 Å². The molecule has 0 spiro atoms. The lowest BCUT2D eigenvalue weighted by Gasteiger charge is -2.27. The Kier molecular flexibility index (Phi) is 7.34. The lowest BCUT2D eigenvalue weighted by Crippen LogP contribution is -2.29. The van der Waals surface area contributed by atoms with Crippen molar-refractivity contribution in [2.45, 2.75) is 26.9 Å². The molecular weight excluding hydrogens is 661 g/mol. The molecule has 8 aromatic carbocycles. The summed E-state index contributed by atoms with van der Waals surface area (Å²) in [6, 6.07) is 54.3.